The van der Waals surface area contributed by atoms with E-state index in [0.717, 1.165) is 12.8 Å². The lowest BCUT2D eigenvalue weighted by molar-refractivity contribution is -0.195. The fourth-order valence-electron chi connectivity index (χ4n) is 2.21. The van der Waals surface area contributed by atoms with E-state index in [4.69, 9.17) is 14.6 Å². The Hall–Kier alpha value is -0.650. The van der Waals surface area contributed by atoms with Gasteiger partial charge in [0.05, 0.1) is 12.7 Å². The average Bonchev–Trinajstić information content (AvgIpc) is 2.29. The minimum absolute atomic E-state index is 0.00729. The Morgan fingerprint density at radius 2 is 2.25 bits per heavy atom. The molecule has 16 heavy (non-hydrogen) atoms. The zero-order valence-electron chi connectivity index (χ0n) is 9.65. The fraction of sp³-hybridized carbons (Fsp3) is 0.909. The highest BCUT2D eigenvalue weighted by Gasteiger charge is 2.49. The van der Waals surface area contributed by atoms with Crippen LogP contribution in [0.25, 0.3) is 0 Å². The van der Waals surface area contributed by atoms with Crippen molar-refractivity contribution < 1.29 is 24.5 Å². The average molecular weight is 232 g/mol. The van der Waals surface area contributed by atoms with Gasteiger partial charge in [-0.05, 0) is 25.7 Å². The van der Waals surface area contributed by atoms with Gasteiger partial charge in [-0.25, -0.2) is 4.79 Å². The number of carboxylic acids is 1. The summed E-state index contributed by atoms with van der Waals surface area (Å²) >= 11 is 0. The zero-order chi connectivity index (χ0) is 12.0. The van der Waals surface area contributed by atoms with Gasteiger partial charge in [0.15, 0.2) is 5.60 Å². The van der Waals surface area contributed by atoms with Crippen molar-refractivity contribution in [1.29, 1.82) is 0 Å². The maximum absolute atomic E-state index is 11.4. The lowest BCUT2D eigenvalue weighted by Crippen LogP contribution is -2.54. The van der Waals surface area contributed by atoms with Gasteiger partial charge in [-0.1, -0.05) is 6.42 Å². The summed E-state index contributed by atoms with van der Waals surface area (Å²) in [5.74, 6) is -0.961. The molecule has 0 radical (unpaired) electrons. The molecule has 1 fully saturated rings. The third-order valence-corrected chi connectivity index (χ3v) is 3.09. The molecular formula is C11H20O5. The highest BCUT2D eigenvalue weighted by molar-refractivity contribution is 5.78. The molecule has 1 aliphatic rings. The summed E-state index contributed by atoms with van der Waals surface area (Å²) in [5.41, 5.74) is -1.22. The fourth-order valence-corrected chi connectivity index (χ4v) is 2.21. The molecule has 2 atom stereocenters. The predicted molar refractivity (Wildman–Crippen MR) is 57.3 cm³/mol. The summed E-state index contributed by atoms with van der Waals surface area (Å²) in [6.45, 7) is 0.260. The van der Waals surface area contributed by atoms with Crippen LogP contribution in [0.15, 0.2) is 0 Å². The second-order valence-corrected chi connectivity index (χ2v) is 4.09. The number of rotatable bonds is 6. The maximum Gasteiger partial charge on any atom is 0.338 e. The van der Waals surface area contributed by atoms with Crippen molar-refractivity contribution in [3.8, 4) is 0 Å². The van der Waals surface area contributed by atoms with Crippen LogP contribution in [0.1, 0.15) is 32.1 Å². The van der Waals surface area contributed by atoms with Crippen molar-refractivity contribution in [2.75, 3.05) is 20.3 Å². The molecule has 0 heterocycles. The van der Waals surface area contributed by atoms with Crippen LogP contribution in [0.5, 0.6) is 0 Å². The number of hydrogen-bond donors (Lipinski definition) is 2. The van der Waals surface area contributed by atoms with E-state index in [1.165, 1.54) is 7.11 Å². The molecule has 0 saturated heterocycles. The maximum atomic E-state index is 11.4. The van der Waals surface area contributed by atoms with Crippen LogP contribution in [-0.4, -0.2) is 48.2 Å². The smallest absolute Gasteiger partial charge is 0.338 e. The lowest BCUT2D eigenvalue weighted by atomic mass is 9.82. The predicted octanol–water partition coefficient (Wildman–Crippen LogP) is 0.798. The Kier molecular flexibility index (Phi) is 5.18. The van der Waals surface area contributed by atoms with Crippen LogP contribution in [0, 0.1) is 0 Å². The molecule has 0 aromatic heterocycles. The van der Waals surface area contributed by atoms with Crippen LogP contribution in [0.3, 0.4) is 0 Å². The molecule has 5 nitrogen and oxygen atoms in total. The summed E-state index contributed by atoms with van der Waals surface area (Å²) in [6.07, 6.45) is 3.06. The molecule has 0 aromatic carbocycles. The lowest BCUT2D eigenvalue weighted by Gasteiger charge is -2.39. The summed E-state index contributed by atoms with van der Waals surface area (Å²) < 4.78 is 10.7. The minimum Gasteiger partial charge on any atom is -0.479 e. The number of aliphatic hydroxyl groups is 1. The van der Waals surface area contributed by atoms with Crippen LogP contribution in [0.4, 0.5) is 0 Å². The summed E-state index contributed by atoms with van der Waals surface area (Å²) in [5, 5.41) is 18.0. The van der Waals surface area contributed by atoms with Crippen molar-refractivity contribution in [3.63, 3.8) is 0 Å². The van der Waals surface area contributed by atoms with Gasteiger partial charge in [0.25, 0.3) is 0 Å². The first kappa shape index (κ1) is 13.4. The van der Waals surface area contributed by atoms with Crippen molar-refractivity contribution in [1.82, 2.24) is 0 Å². The molecule has 0 spiro atoms. The first-order valence-corrected chi connectivity index (χ1v) is 5.68. The van der Waals surface area contributed by atoms with Gasteiger partial charge in [0, 0.05) is 13.7 Å². The molecule has 0 bridgehead atoms. The van der Waals surface area contributed by atoms with E-state index < -0.39 is 17.7 Å². The molecule has 0 aliphatic heterocycles. The van der Waals surface area contributed by atoms with Crippen molar-refractivity contribution >= 4 is 5.97 Å². The minimum atomic E-state index is -1.22. The summed E-state index contributed by atoms with van der Waals surface area (Å²) in [6, 6.07) is 0. The van der Waals surface area contributed by atoms with Crippen molar-refractivity contribution in [2.24, 2.45) is 0 Å². The van der Waals surface area contributed by atoms with E-state index in [0.29, 0.717) is 19.3 Å². The molecule has 1 aliphatic carbocycles. The highest BCUT2D eigenvalue weighted by Crippen LogP contribution is 2.34. The highest BCUT2D eigenvalue weighted by atomic mass is 16.6. The van der Waals surface area contributed by atoms with Crippen LogP contribution in [-0.2, 0) is 14.3 Å². The number of hydrogen-bond acceptors (Lipinski definition) is 4. The molecule has 1 rings (SSSR count). The van der Waals surface area contributed by atoms with Gasteiger partial charge < -0.3 is 19.7 Å². The Balaban J connectivity index is 2.71. The van der Waals surface area contributed by atoms with Gasteiger partial charge in [-0.3, -0.25) is 0 Å². The molecule has 1 saturated carbocycles. The SMILES string of the molecule is COC1CCCCC1(OCCCO)C(=O)O. The summed E-state index contributed by atoms with van der Waals surface area (Å²) in [4.78, 5) is 11.4. The van der Waals surface area contributed by atoms with Crippen molar-refractivity contribution in [3.05, 3.63) is 0 Å². The Morgan fingerprint density at radius 3 is 2.81 bits per heavy atom. The molecule has 0 aromatic rings. The van der Waals surface area contributed by atoms with E-state index >= 15 is 0 Å². The van der Waals surface area contributed by atoms with Gasteiger partial charge in [-0.15, -0.1) is 0 Å². The van der Waals surface area contributed by atoms with Crippen LogP contribution in [0.2, 0.25) is 0 Å². The Labute approximate surface area is 95.4 Å². The standard InChI is InChI=1S/C11H20O5/c1-15-9-5-2-3-6-11(9,10(13)14)16-8-4-7-12/h9,12H,2-8H2,1H3,(H,13,14). The number of aliphatic carboxylic acids is 1. The van der Waals surface area contributed by atoms with Crippen LogP contribution >= 0.6 is 0 Å². The van der Waals surface area contributed by atoms with Gasteiger partial charge in [0.2, 0.25) is 0 Å². The number of carbonyl (C=O) groups is 1. The van der Waals surface area contributed by atoms with E-state index in [-0.39, 0.29) is 13.2 Å². The third-order valence-electron chi connectivity index (χ3n) is 3.09. The van der Waals surface area contributed by atoms with Crippen LogP contribution < -0.4 is 0 Å². The largest absolute Gasteiger partial charge is 0.479 e. The quantitative estimate of drug-likeness (QED) is 0.662. The van der Waals surface area contributed by atoms with E-state index in [1.807, 2.05) is 0 Å². The molecule has 0 amide bonds. The van der Waals surface area contributed by atoms with Gasteiger partial charge in [0.1, 0.15) is 0 Å². The normalized spacial score (nSPS) is 30.2. The Morgan fingerprint density at radius 1 is 1.50 bits per heavy atom. The number of aliphatic hydroxyl groups excluding tert-OH is 1. The second kappa shape index (κ2) is 6.18. The third kappa shape index (κ3) is 2.72. The van der Waals surface area contributed by atoms with Gasteiger partial charge in [-0.2, -0.15) is 0 Å². The monoisotopic (exact) mass is 232 g/mol. The molecule has 2 N–H and O–H groups in total. The number of methoxy groups -OCH3 is 1. The topological polar surface area (TPSA) is 76.0 Å². The zero-order valence-corrected chi connectivity index (χ0v) is 9.65. The number of ether oxygens (including phenoxy) is 2. The molecular weight excluding hydrogens is 212 g/mol. The van der Waals surface area contributed by atoms with Crippen molar-refractivity contribution in [2.45, 2.75) is 43.8 Å². The van der Waals surface area contributed by atoms with E-state index in [2.05, 4.69) is 0 Å². The Bertz CT molecular complexity index is 230. The number of carboxylic acid groups (broad SMARTS) is 1. The van der Waals surface area contributed by atoms with E-state index in [9.17, 15) is 9.90 Å². The first-order valence-electron chi connectivity index (χ1n) is 5.68. The second-order valence-electron chi connectivity index (χ2n) is 4.09. The van der Waals surface area contributed by atoms with Gasteiger partial charge >= 0.3 is 5.97 Å². The van der Waals surface area contributed by atoms with E-state index in [1.54, 1.807) is 0 Å². The molecule has 5 heteroatoms. The summed E-state index contributed by atoms with van der Waals surface area (Å²) in [7, 11) is 1.52. The molecule has 2 unspecified atom stereocenters. The molecule has 94 valence electrons. The first-order chi connectivity index (χ1) is 7.67.